The molecule has 2 aromatic rings. The first-order chi connectivity index (χ1) is 6.66. The highest BCUT2D eigenvalue weighted by atomic mass is 16.4. The summed E-state index contributed by atoms with van der Waals surface area (Å²) >= 11 is 0. The molecule has 0 spiro atoms. The molecule has 0 aliphatic carbocycles. The molecule has 0 atom stereocenters. The maximum Gasteiger partial charge on any atom is 0.409 e. The Kier molecular flexibility index (Phi) is 1.81. The number of pyridine rings is 1. The molecule has 0 unspecified atom stereocenters. The van der Waals surface area contributed by atoms with Gasteiger partial charge < -0.3 is 9.67 Å². The molecule has 2 rings (SSSR count). The van der Waals surface area contributed by atoms with Crippen LogP contribution in [-0.2, 0) is 7.05 Å². The van der Waals surface area contributed by atoms with Gasteiger partial charge in [-0.2, -0.15) is 0 Å². The number of aryl methyl sites for hydroxylation is 1. The van der Waals surface area contributed by atoms with Crippen LogP contribution < -0.4 is 5.32 Å². The Morgan fingerprint density at radius 2 is 2.36 bits per heavy atom. The van der Waals surface area contributed by atoms with Crippen molar-refractivity contribution in [3.05, 3.63) is 18.6 Å². The molecule has 0 saturated heterocycles. The van der Waals surface area contributed by atoms with Crippen molar-refractivity contribution in [2.75, 3.05) is 5.32 Å². The molecule has 0 fully saturated rings. The highest BCUT2D eigenvalue weighted by Gasteiger charge is 2.03. The van der Waals surface area contributed by atoms with Crippen LogP contribution in [0, 0.1) is 0 Å². The molecule has 0 aliphatic rings. The highest BCUT2D eigenvalue weighted by Crippen LogP contribution is 2.13. The lowest BCUT2D eigenvalue weighted by Crippen LogP contribution is -2.07. The van der Waals surface area contributed by atoms with Gasteiger partial charge in [0.2, 0.25) is 0 Å². The normalized spacial score (nSPS) is 10.4. The number of anilines is 1. The fourth-order valence-corrected chi connectivity index (χ4v) is 1.21. The number of imidazole rings is 1. The predicted octanol–water partition coefficient (Wildman–Crippen LogP) is 1.06. The van der Waals surface area contributed by atoms with Crippen LogP contribution in [0.4, 0.5) is 10.5 Å². The smallest absolute Gasteiger partial charge is 0.409 e. The standard InChI is InChI=1S/C8H8N4O2/c1-12-4-10-6-2-5(11-8(13)14)3-9-7(6)12/h2-4,11H,1H3,(H,13,14). The van der Waals surface area contributed by atoms with Gasteiger partial charge in [0.15, 0.2) is 5.65 Å². The van der Waals surface area contributed by atoms with Crippen LogP contribution in [0.1, 0.15) is 0 Å². The molecule has 1 amide bonds. The number of rotatable bonds is 1. The van der Waals surface area contributed by atoms with Crippen LogP contribution in [0.3, 0.4) is 0 Å². The second-order valence-electron chi connectivity index (χ2n) is 2.85. The van der Waals surface area contributed by atoms with E-state index in [4.69, 9.17) is 5.11 Å². The van der Waals surface area contributed by atoms with Gasteiger partial charge >= 0.3 is 6.09 Å². The van der Waals surface area contributed by atoms with E-state index in [1.807, 2.05) is 7.05 Å². The van der Waals surface area contributed by atoms with Gasteiger partial charge in [-0.15, -0.1) is 0 Å². The Morgan fingerprint density at radius 1 is 1.57 bits per heavy atom. The molecule has 6 heteroatoms. The average Bonchev–Trinajstić information content (AvgIpc) is 2.46. The van der Waals surface area contributed by atoms with Crippen molar-refractivity contribution in [1.29, 1.82) is 0 Å². The summed E-state index contributed by atoms with van der Waals surface area (Å²) in [6, 6.07) is 1.64. The summed E-state index contributed by atoms with van der Waals surface area (Å²) in [5.41, 5.74) is 1.81. The van der Waals surface area contributed by atoms with Crippen LogP contribution in [0.25, 0.3) is 11.2 Å². The molecule has 0 radical (unpaired) electrons. The zero-order valence-electron chi connectivity index (χ0n) is 7.43. The van der Waals surface area contributed by atoms with Crippen LogP contribution in [0.5, 0.6) is 0 Å². The second-order valence-corrected chi connectivity index (χ2v) is 2.85. The van der Waals surface area contributed by atoms with Gasteiger partial charge in [0.05, 0.1) is 18.2 Å². The van der Waals surface area contributed by atoms with Gasteiger partial charge in [-0.3, -0.25) is 5.32 Å². The first-order valence-electron chi connectivity index (χ1n) is 3.94. The number of nitrogens with one attached hydrogen (secondary N) is 1. The Hall–Kier alpha value is -2.11. The van der Waals surface area contributed by atoms with E-state index in [1.54, 1.807) is 17.0 Å². The van der Waals surface area contributed by atoms with Crippen molar-refractivity contribution in [1.82, 2.24) is 14.5 Å². The number of hydrogen-bond acceptors (Lipinski definition) is 3. The fraction of sp³-hybridized carbons (Fsp3) is 0.125. The van der Waals surface area contributed by atoms with E-state index >= 15 is 0 Å². The first-order valence-corrected chi connectivity index (χ1v) is 3.94. The van der Waals surface area contributed by atoms with Crippen LogP contribution in [0.15, 0.2) is 18.6 Å². The lowest BCUT2D eigenvalue weighted by molar-refractivity contribution is 0.209. The Balaban J connectivity index is 2.46. The Morgan fingerprint density at radius 3 is 3.07 bits per heavy atom. The molecular weight excluding hydrogens is 184 g/mol. The van der Waals surface area contributed by atoms with E-state index in [2.05, 4.69) is 15.3 Å². The molecule has 2 heterocycles. The maximum atomic E-state index is 10.3. The van der Waals surface area contributed by atoms with Gasteiger partial charge in [-0.1, -0.05) is 0 Å². The topological polar surface area (TPSA) is 80.0 Å². The van der Waals surface area contributed by atoms with E-state index in [1.165, 1.54) is 6.20 Å². The molecule has 14 heavy (non-hydrogen) atoms. The number of fused-ring (bicyclic) bond motifs is 1. The molecule has 0 aromatic carbocycles. The number of hydrogen-bond donors (Lipinski definition) is 2. The number of aromatic nitrogens is 3. The first kappa shape index (κ1) is 8.49. The Bertz CT molecular complexity index is 491. The Labute approximate surface area is 79.2 Å². The summed E-state index contributed by atoms with van der Waals surface area (Å²) < 4.78 is 1.76. The van der Waals surface area contributed by atoms with E-state index in [0.717, 1.165) is 5.65 Å². The third-order valence-corrected chi connectivity index (χ3v) is 1.80. The van der Waals surface area contributed by atoms with Crippen LogP contribution in [0.2, 0.25) is 0 Å². The summed E-state index contributed by atoms with van der Waals surface area (Å²) in [4.78, 5) is 18.5. The lowest BCUT2D eigenvalue weighted by Gasteiger charge is -1.99. The summed E-state index contributed by atoms with van der Waals surface area (Å²) in [7, 11) is 1.83. The fourth-order valence-electron chi connectivity index (χ4n) is 1.21. The molecular formula is C8H8N4O2. The summed E-state index contributed by atoms with van der Waals surface area (Å²) in [6.45, 7) is 0. The average molecular weight is 192 g/mol. The van der Waals surface area contributed by atoms with E-state index < -0.39 is 6.09 Å². The highest BCUT2D eigenvalue weighted by molar-refractivity contribution is 5.85. The predicted molar refractivity (Wildman–Crippen MR) is 50.2 cm³/mol. The van der Waals surface area contributed by atoms with Crippen molar-refractivity contribution >= 4 is 22.9 Å². The largest absolute Gasteiger partial charge is 0.465 e. The van der Waals surface area contributed by atoms with E-state index in [0.29, 0.717) is 11.2 Å². The zero-order chi connectivity index (χ0) is 10.1. The van der Waals surface area contributed by atoms with E-state index in [9.17, 15) is 4.79 Å². The van der Waals surface area contributed by atoms with Crippen molar-refractivity contribution in [2.24, 2.45) is 7.05 Å². The number of carbonyl (C=O) groups is 1. The van der Waals surface area contributed by atoms with Crippen molar-refractivity contribution in [2.45, 2.75) is 0 Å². The SMILES string of the molecule is Cn1cnc2cc(NC(=O)O)cnc21. The number of amides is 1. The molecule has 0 saturated carbocycles. The molecule has 6 nitrogen and oxygen atoms in total. The molecule has 0 aliphatic heterocycles. The zero-order valence-corrected chi connectivity index (χ0v) is 7.43. The minimum atomic E-state index is -1.11. The van der Waals surface area contributed by atoms with Crippen LogP contribution in [-0.4, -0.2) is 25.7 Å². The monoisotopic (exact) mass is 192 g/mol. The number of carboxylic acid groups (broad SMARTS) is 1. The van der Waals surface area contributed by atoms with Crippen molar-refractivity contribution in [3.63, 3.8) is 0 Å². The van der Waals surface area contributed by atoms with E-state index in [-0.39, 0.29) is 0 Å². The minimum Gasteiger partial charge on any atom is -0.465 e. The van der Waals surface area contributed by atoms with Gasteiger partial charge in [0.1, 0.15) is 5.52 Å². The molecule has 2 aromatic heterocycles. The lowest BCUT2D eigenvalue weighted by atomic mass is 10.4. The van der Waals surface area contributed by atoms with Crippen LogP contribution >= 0.6 is 0 Å². The molecule has 0 bridgehead atoms. The summed E-state index contributed by atoms with van der Waals surface area (Å²) in [5, 5.41) is 10.7. The van der Waals surface area contributed by atoms with Crippen molar-refractivity contribution < 1.29 is 9.90 Å². The summed E-state index contributed by atoms with van der Waals surface area (Å²) in [6.07, 6.45) is 1.97. The molecule has 72 valence electrons. The third kappa shape index (κ3) is 1.37. The maximum absolute atomic E-state index is 10.3. The van der Waals surface area contributed by atoms with Gasteiger partial charge in [-0.25, -0.2) is 14.8 Å². The minimum absolute atomic E-state index is 0.420. The van der Waals surface area contributed by atoms with Gasteiger partial charge in [-0.05, 0) is 6.07 Å². The molecule has 2 N–H and O–H groups in total. The quantitative estimate of drug-likeness (QED) is 0.707. The second kappa shape index (κ2) is 2.99. The summed E-state index contributed by atoms with van der Waals surface area (Å²) in [5.74, 6) is 0. The third-order valence-electron chi connectivity index (χ3n) is 1.80. The van der Waals surface area contributed by atoms with Crippen molar-refractivity contribution in [3.8, 4) is 0 Å². The van der Waals surface area contributed by atoms with Gasteiger partial charge in [0, 0.05) is 7.05 Å². The van der Waals surface area contributed by atoms with Gasteiger partial charge in [0.25, 0.3) is 0 Å². The number of nitrogens with zero attached hydrogens (tertiary/aromatic N) is 3.